The Bertz CT molecular complexity index is 370. The van der Waals surface area contributed by atoms with Gasteiger partial charge in [-0.05, 0) is 17.5 Å². The smallest absolute Gasteiger partial charge is 0.307 e. The fourth-order valence-corrected chi connectivity index (χ4v) is 2.58. The van der Waals surface area contributed by atoms with Gasteiger partial charge in [-0.25, -0.2) is 0 Å². The largest absolute Gasteiger partial charge is 0.481 e. The molecule has 0 heterocycles. The number of rotatable bonds is 6. The molecular formula is C12H16O3S. The van der Waals surface area contributed by atoms with E-state index in [0.29, 0.717) is 5.75 Å². The molecule has 88 valence electrons. The summed E-state index contributed by atoms with van der Waals surface area (Å²) in [6.07, 6.45) is 0.960. The van der Waals surface area contributed by atoms with E-state index in [4.69, 9.17) is 5.11 Å². The molecule has 1 rings (SSSR count). The molecule has 0 aromatic heterocycles. The molecule has 0 bridgehead atoms. The highest BCUT2D eigenvalue weighted by Gasteiger charge is 2.03. The molecule has 4 heteroatoms. The predicted octanol–water partition coefficient (Wildman–Crippen LogP) is 1.97. The first-order chi connectivity index (χ1) is 7.61. The van der Waals surface area contributed by atoms with Crippen LogP contribution >= 0.6 is 0 Å². The van der Waals surface area contributed by atoms with Crippen molar-refractivity contribution >= 4 is 16.8 Å². The second-order valence-electron chi connectivity index (χ2n) is 3.68. The quantitative estimate of drug-likeness (QED) is 0.827. The second kappa shape index (κ2) is 6.43. The van der Waals surface area contributed by atoms with Crippen LogP contribution in [0.15, 0.2) is 24.3 Å². The van der Waals surface area contributed by atoms with Crippen molar-refractivity contribution in [2.24, 2.45) is 0 Å². The highest BCUT2D eigenvalue weighted by Crippen LogP contribution is 2.08. The minimum atomic E-state index is -0.831. The number of carboxylic acids is 1. The van der Waals surface area contributed by atoms with Gasteiger partial charge in [-0.1, -0.05) is 31.2 Å². The zero-order valence-electron chi connectivity index (χ0n) is 9.31. The lowest BCUT2D eigenvalue weighted by molar-refractivity contribution is -0.136. The molecule has 1 unspecified atom stereocenters. The Labute approximate surface area is 98.0 Å². The van der Waals surface area contributed by atoms with Gasteiger partial charge in [0.2, 0.25) is 0 Å². The fourth-order valence-electron chi connectivity index (χ4n) is 1.41. The molecule has 0 aliphatic carbocycles. The van der Waals surface area contributed by atoms with Crippen molar-refractivity contribution in [2.75, 3.05) is 5.75 Å². The third-order valence-electron chi connectivity index (χ3n) is 2.14. The highest BCUT2D eigenvalue weighted by molar-refractivity contribution is 7.84. The van der Waals surface area contributed by atoms with Gasteiger partial charge < -0.3 is 5.11 Å². The van der Waals surface area contributed by atoms with Gasteiger partial charge in [0.25, 0.3) is 0 Å². The van der Waals surface area contributed by atoms with Crippen LogP contribution < -0.4 is 0 Å². The summed E-state index contributed by atoms with van der Waals surface area (Å²) in [7, 11) is -0.805. The monoisotopic (exact) mass is 240 g/mol. The normalized spacial score (nSPS) is 12.3. The molecule has 3 nitrogen and oxygen atoms in total. The van der Waals surface area contributed by atoms with Crippen LogP contribution in [-0.4, -0.2) is 21.0 Å². The first kappa shape index (κ1) is 12.9. The van der Waals surface area contributed by atoms with E-state index in [9.17, 15) is 9.00 Å². The van der Waals surface area contributed by atoms with E-state index in [-0.39, 0.29) is 6.42 Å². The van der Waals surface area contributed by atoms with Crippen molar-refractivity contribution in [2.45, 2.75) is 25.5 Å². The molecule has 0 amide bonds. The SMILES string of the molecule is CCCS(=O)Cc1ccc(CC(=O)O)cc1. The summed E-state index contributed by atoms with van der Waals surface area (Å²) in [6, 6.07) is 7.27. The van der Waals surface area contributed by atoms with Crippen LogP contribution in [0.2, 0.25) is 0 Å². The zero-order chi connectivity index (χ0) is 12.0. The van der Waals surface area contributed by atoms with Crippen LogP contribution in [0.1, 0.15) is 24.5 Å². The first-order valence-electron chi connectivity index (χ1n) is 5.26. The van der Waals surface area contributed by atoms with E-state index in [2.05, 4.69) is 0 Å². The maximum atomic E-state index is 11.5. The lowest BCUT2D eigenvalue weighted by Gasteiger charge is -2.02. The van der Waals surface area contributed by atoms with E-state index in [1.165, 1.54) is 0 Å². The number of hydrogen-bond donors (Lipinski definition) is 1. The molecule has 0 aliphatic heterocycles. The standard InChI is InChI=1S/C12H16O3S/c1-2-7-16(15)9-11-5-3-10(4-6-11)8-12(13)14/h3-6H,2,7-9H2,1H3,(H,13,14). The molecule has 0 fully saturated rings. The average molecular weight is 240 g/mol. The van der Waals surface area contributed by atoms with Crippen molar-refractivity contribution in [3.8, 4) is 0 Å². The number of carboxylic acid groups (broad SMARTS) is 1. The van der Waals surface area contributed by atoms with Gasteiger partial charge in [-0.2, -0.15) is 0 Å². The first-order valence-corrected chi connectivity index (χ1v) is 6.75. The molecule has 0 spiro atoms. The Morgan fingerprint density at radius 2 is 1.81 bits per heavy atom. The van der Waals surface area contributed by atoms with Crippen LogP contribution in [0.4, 0.5) is 0 Å². The van der Waals surface area contributed by atoms with Crippen molar-refractivity contribution in [1.82, 2.24) is 0 Å². The van der Waals surface area contributed by atoms with Gasteiger partial charge in [-0.15, -0.1) is 0 Å². The molecule has 16 heavy (non-hydrogen) atoms. The molecule has 1 aromatic carbocycles. The number of benzene rings is 1. The topological polar surface area (TPSA) is 54.4 Å². The van der Waals surface area contributed by atoms with Gasteiger partial charge in [0.1, 0.15) is 0 Å². The molecule has 0 saturated carbocycles. The van der Waals surface area contributed by atoms with Gasteiger partial charge in [0.05, 0.1) is 6.42 Å². The number of hydrogen-bond acceptors (Lipinski definition) is 2. The lowest BCUT2D eigenvalue weighted by Crippen LogP contribution is -2.02. The third kappa shape index (κ3) is 4.57. The Hall–Kier alpha value is -1.16. The minimum Gasteiger partial charge on any atom is -0.481 e. The summed E-state index contributed by atoms with van der Waals surface area (Å²) in [5, 5.41) is 8.60. The highest BCUT2D eigenvalue weighted by atomic mass is 32.2. The number of carbonyl (C=O) groups is 1. The summed E-state index contributed by atoms with van der Waals surface area (Å²) >= 11 is 0. The van der Waals surface area contributed by atoms with Crippen LogP contribution in [0, 0.1) is 0 Å². The summed E-state index contributed by atoms with van der Waals surface area (Å²) in [5.74, 6) is 0.445. The maximum absolute atomic E-state index is 11.5. The van der Waals surface area contributed by atoms with E-state index >= 15 is 0 Å². The maximum Gasteiger partial charge on any atom is 0.307 e. The van der Waals surface area contributed by atoms with Gasteiger partial charge in [0.15, 0.2) is 0 Å². The Balaban J connectivity index is 2.57. The zero-order valence-corrected chi connectivity index (χ0v) is 10.1. The van der Waals surface area contributed by atoms with Crippen LogP contribution in [0.3, 0.4) is 0 Å². The molecule has 1 N–H and O–H groups in total. The Morgan fingerprint density at radius 1 is 1.25 bits per heavy atom. The van der Waals surface area contributed by atoms with Gasteiger partial charge in [0, 0.05) is 22.3 Å². The number of aliphatic carboxylic acids is 1. The van der Waals surface area contributed by atoms with Crippen LogP contribution in [0.25, 0.3) is 0 Å². The summed E-state index contributed by atoms with van der Waals surface area (Å²) in [6.45, 7) is 2.01. The van der Waals surface area contributed by atoms with Crippen LogP contribution in [0.5, 0.6) is 0 Å². The molecule has 0 aliphatic rings. The van der Waals surface area contributed by atoms with Crippen molar-refractivity contribution in [3.63, 3.8) is 0 Å². The summed E-state index contributed by atoms with van der Waals surface area (Å²) in [4.78, 5) is 10.5. The summed E-state index contributed by atoms with van der Waals surface area (Å²) in [5.41, 5.74) is 1.78. The van der Waals surface area contributed by atoms with E-state index in [1.54, 1.807) is 12.1 Å². The molecule has 1 atom stereocenters. The third-order valence-corrected chi connectivity index (χ3v) is 3.66. The molecule has 0 saturated heterocycles. The average Bonchev–Trinajstić information content (AvgIpc) is 2.20. The van der Waals surface area contributed by atoms with Crippen molar-refractivity contribution in [3.05, 3.63) is 35.4 Å². The Morgan fingerprint density at radius 3 is 2.31 bits per heavy atom. The minimum absolute atomic E-state index is 0.0400. The fraction of sp³-hybridized carbons (Fsp3) is 0.417. The lowest BCUT2D eigenvalue weighted by atomic mass is 10.1. The van der Waals surface area contributed by atoms with E-state index in [0.717, 1.165) is 23.3 Å². The van der Waals surface area contributed by atoms with Crippen molar-refractivity contribution in [1.29, 1.82) is 0 Å². The molecule has 0 radical (unpaired) electrons. The van der Waals surface area contributed by atoms with Crippen molar-refractivity contribution < 1.29 is 14.1 Å². The molecular weight excluding hydrogens is 224 g/mol. The van der Waals surface area contributed by atoms with Gasteiger partial charge in [-0.3, -0.25) is 9.00 Å². The van der Waals surface area contributed by atoms with Crippen LogP contribution in [-0.2, 0) is 27.8 Å². The molecule has 1 aromatic rings. The van der Waals surface area contributed by atoms with E-state index in [1.807, 2.05) is 19.1 Å². The second-order valence-corrected chi connectivity index (χ2v) is 5.25. The van der Waals surface area contributed by atoms with E-state index < -0.39 is 16.8 Å². The predicted molar refractivity (Wildman–Crippen MR) is 64.8 cm³/mol. The Kier molecular flexibility index (Phi) is 5.19. The summed E-state index contributed by atoms with van der Waals surface area (Å²) < 4.78 is 11.5. The van der Waals surface area contributed by atoms with Gasteiger partial charge >= 0.3 is 5.97 Å².